The first-order chi connectivity index (χ1) is 10.3. The summed E-state index contributed by atoms with van der Waals surface area (Å²) in [4.78, 5) is 18.3. The van der Waals surface area contributed by atoms with Gasteiger partial charge in [0.05, 0.1) is 6.04 Å². The van der Waals surface area contributed by atoms with Crippen molar-refractivity contribution in [1.29, 1.82) is 0 Å². The second kappa shape index (κ2) is 7.31. The molecule has 0 aliphatic carbocycles. The molecule has 5 nitrogen and oxygen atoms in total. The van der Waals surface area contributed by atoms with Crippen molar-refractivity contribution in [1.82, 2.24) is 9.88 Å². The predicted molar refractivity (Wildman–Crippen MR) is 88.0 cm³/mol. The van der Waals surface area contributed by atoms with E-state index in [1.807, 2.05) is 39.0 Å². The van der Waals surface area contributed by atoms with Crippen LogP contribution in [0.25, 0.3) is 0 Å². The lowest BCUT2D eigenvalue weighted by Gasteiger charge is -2.36. The smallest absolute Gasteiger partial charge is 0.410 e. The molecule has 0 aromatic carbocycles. The van der Waals surface area contributed by atoms with E-state index in [9.17, 15) is 4.79 Å². The topological polar surface area (TPSA) is 51.7 Å². The highest BCUT2D eigenvalue weighted by Crippen LogP contribution is 2.21. The minimum atomic E-state index is -0.480. The van der Waals surface area contributed by atoms with Crippen molar-refractivity contribution in [3.63, 3.8) is 0 Å². The lowest BCUT2D eigenvalue weighted by molar-refractivity contribution is 0.00334. The van der Waals surface area contributed by atoms with Crippen molar-refractivity contribution in [2.45, 2.75) is 51.7 Å². The number of aromatic nitrogens is 1. The Morgan fingerprint density at radius 1 is 1.41 bits per heavy atom. The van der Waals surface area contributed by atoms with Crippen LogP contribution in [0.1, 0.15) is 40.0 Å². The lowest BCUT2D eigenvalue weighted by Crippen LogP contribution is -2.48. The van der Waals surface area contributed by atoms with Gasteiger partial charge in [0.1, 0.15) is 16.8 Å². The Balaban J connectivity index is 1.96. The maximum Gasteiger partial charge on any atom is 0.410 e. The van der Waals surface area contributed by atoms with E-state index in [0.717, 1.165) is 30.4 Å². The number of hydrogen-bond acceptors (Lipinski definition) is 4. The van der Waals surface area contributed by atoms with Crippen LogP contribution in [0.15, 0.2) is 22.8 Å². The van der Waals surface area contributed by atoms with Crippen LogP contribution < -0.4 is 4.74 Å². The van der Waals surface area contributed by atoms with E-state index in [1.165, 1.54) is 0 Å². The molecule has 0 radical (unpaired) electrons. The van der Waals surface area contributed by atoms with Crippen molar-refractivity contribution < 1.29 is 14.3 Å². The molecule has 1 aliphatic rings. The minimum absolute atomic E-state index is 0.0318. The minimum Gasteiger partial charge on any atom is -0.475 e. The van der Waals surface area contributed by atoms with Crippen LogP contribution in [0.5, 0.6) is 5.88 Å². The molecule has 1 aromatic heterocycles. The Kier molecular flexibility index (Phi) is 5.67. The SMILES string of the molecule is CC(C)(C)OC(=O)N1CCCCC1COc1cccc(Br)n1. The average Bonchev–Trinajstić information content (AvgIpc) is 2.44. The molecule has 6 heteroatoms. The zero-order valence-electron chi connectivity index (χ0n) is 13.3. The van der Waals surface area contributed by atoms with Crippen molar-refractivity contribution in [2.24, 2.45) is 0 Å². The number of carbonyl (C=O) groups excluding carboxylic acids is 1. The Hall–Kier alpha value is -1.30. The number of pyridine rings is 1. The van der Waals surface area contributed by atoms with Crippen molar-refractivity contribution >= 4 is 22.0 Å². The molecule has 1 fully saturated rings. The fourth-order valence-corrected chi connectivity index (χ4v) is 2.71. The fraction of sp³-hybridized carbons (Fsp3) is 0.625. The van der Waals surface area contributed by atoms with E-state index < -0.39 is 5.60 Å². The second-order valence-corrected chi connectivity index (χ2v) is 7.25. The molecule has 2 rings (SSSR count). The molecule has 22 heavy (non-hydrogen) atoms. The summed E-state index contributed by atoms with van der Waals surface area (Å²) in [6, 6.07) is 5.56. The number of rotatable bonds is 3. The van der Waals surface area contributed by atoms with E-state index in [0.29, 0.717) is 12.5 Å². The molecular weight excluding hydrogens is 348 g/mol. The normalized spacial score (nSPS) is 18.9. The summed E-state index contributed by atoms with van der Waals surface area (Å²) in [5.74, 6) is 0.559. The average molecular weight is 371 g/mol. The third-order valence-corrected chi connectivity index (χ3v) is 3.81. The monoisotopic (exact) mass is 370 g/mol. The predicted octanol–water partition coefficient (Wildman–Crippen LogP) is 4.01. The van der Waals surface area contributed by atoms with Gasteiger partial charge in [0.2, 0.25) is 5.88 Å². The number of piperidine rings is 1. The molecule has 122 valence electrons. The van der Waals surface area contributed by atoms with Gasteiger partial charge in [-0.05, 0) is 62.0 Å². The van der Waals surface area contributed by atoms with Crippen LogP contribution in [0, 0.1) is 0 Å². The molecule has 0 spiro atoms. The summed E-state index contributed by atoms with van der Waals surface area (Å²) in [6.07, 6.45) is 2.76. The number of halogens is 1. The molecule has 0 bridgehead atoms. The van der Waals surface area contributed by atoms with Gasteiger partial charge in [-0.3, -0.25) is 0 Å². The van der Waals surface area contributed by atoms with Gasteiger partial charge in [-0.15, -0.1) is 0 Å². The Morgan fingerprint density at radius 2 is 2.18 bits per heavy atom. The van der Waals surface area contributed by atoms with Crippen LogP contribution in [0.4, 0.5) is 4.79 Å². The van der Waals surface area contributed by atoms with Crippen LogP contribution in [0.2, 0.25) is 0 Å². The van der Waals surface area contributed by atoms with E-state index in [-0.39, 0.29) is 12.1 Å². The molecule has 2 heterocycles. The molecule has 1 unspecified atom stereocenters. The lowest BCUT2D eigenvalue weighted by atomic mass is 10.0. The van der Waals surface area contributed by atoms with Crippen LogP contribution >= 0.6 is 15.9 Å². The summed E-state index contributed by atoms with van der Waals surface area (Å²) >= 11 is 3.32. The number of hydrogen-bond donors (Lipinski definition) is 0. The summed E-state index contributed by atoms with van der Waals surface area (Å²) in [5.41, 5.74) is -0.480. The quantitative estimate of drug-likeness (QED) is 0.754. The van der Waals surface area contributed by atoms with Gasteiger partial charge in [0.15, 0.2) is 0 Å². The van der Waals surface area contributed by atoms with Gasteiger partial charge in [-0.25, -0.2) is 9.78 Å². The Labute approximate surface area is 140 Å². The number of ether oxygens (including phenoxy) is 2. The number of likely N-dealkylation sites (tertiary alicyclic amines) is 1. The van der Waals surface area contributed by atoms with Crippen LogP contribution in [-0.4, -0.2) is 40.8 Å². The van der Waals surface area contributed by atoms with Crippen molar-refractivity contribution in [3.05, 3.63) is 22.8 Å². The van der Waals surface area contributed by atoms with Gasteiger partial charge < -0.3 is 14.4 Å². The first-order valence-electron chi connectivity index (χ1n) is 7.60. The van der Waals surface area contributed by atoms with Gasteiger partial charge in [0.25, 0.3) is 0 Å². The number of carbonyl (C=O) groups is 1. The Morgan fingerprint density at radius 3 is 2.86 bits per heavy atom. The molecule has 1 aliphatic heterocycles. The molecule has 0 N–H and O–H groups in total. The number of nitrogens with zero attached hydrogens (tertiary/aromatic N) is 2. The summed E-state index contributed by atoms with van der Waals surface area (Å²) in [5, 5.41) is 0. The van der Waals surface area contributed by atoms with E-state index >= 15 is 0 Å². The van der Waals surface area contributed by atoms with Crippen molar-refractivity contribution in [3.8, 4) is 5.88 Å². The van der Waals surface area contributed by atoms with Gasteiger partial charge in [-0.2, -0.15) is 0 Å². The highest BCUT2D eigenvalue weighted by atomic mass is 79.9. The second-order valence-electron chi connectivity index (χ2n) is 6.43. The summed E-state index contributed by atoms with van der Waals surface area (Å²) < 4.78 is 12.0. The zero-order chi connectivity index (χ0) is 16.2. The fourth-order valence-electron chi connectivity index (χ4n) is 2.39. The zero-order valence-corrected chi connectivity index (χ0v) is 14.9. The van der Waals surface area contributed by atoms with Gasteiger partial charge in [-0.1, -0.05) is 6.07 Å². The molecule has 1 saturated heterocycles. The maximum atomic E-state index is 12.3. The van der Waals surface area contributed by atoms with Gasteiger partial charge in [0, 0.05) is 12.6 Å². The molecule has 1 aromatic rings. The number of amides is 1. The highest BCUT2D eigenvalue weighted by molar-refractivity contribution is 9.10. The largest absolute Gasteiger partial charge is 0.475 e. The third-order valence-electron chi connectivity index (χ3n) is 3.37. The first-order valence-corrected chi connectivity index (χ1v) is 8.39. The first kappa shape index (κ1) is 17.1. The summed E-state index contributed by atoms with van der Waals surface area (Å²) in [7, 11) is 0. The van der Waals surface area contributed by atoms with Crippen molar-refractivity contribution in [2.75, 3.05) is 13.2 Å². The summed E-state index contributed by atoms with van der Waals surface area (Å²) in [6.45, 7) is 6.79. The molecule has 1 amide bonds. The van der Waals surface area contributed by atoms with Crippen LogP contribution in [0.3, 0.4) is 0 Å². The standard InChI is InChI=1S/C16H23BrN2O3/c1-16(2,3)22-15(20)19-10-5-4-7-12(19)11-21-14-9-6-8-13(17)18-14/h6,8-9,12H,4-5,7,10-11H2,1-3H3. The molecule has 0 saturated carbocycles. The third kappa shape index (κ3) is 5.16. The molecular formula is C16H23BrN2O3. The van der Waals surface area contributed by atoms with E-state index in [4.69, 9.17) is 9.47 Å². The maximum absolute atomic E-state index is 12.3. The highest BCUT2D eigenvalue weighted by Gasteiger charge is 2.30. The van der Waals surface area contributed by atoms with E-state index in [1.54, 1.807) is 4.90 Å². The van der Waals surface area contributed by atoms with Crippen LogP contribution in [-0.2, 0) is 4.74 Å². The Bertz CT molecular complexity index is 516. The molecule has 1 atom stereocenters. The van der Waals surface area contributed by atoms with E-state index in [2.05, 4.69) is 20.9 Å². The van der Waals surface area contributed by atoms with Gasteiger partial charge >= 0.3 is 6.09 Å².